The summed E-state index contributed by atoms with van der Waals surface area (Å²) in [6.07, 6.45) is 20.5. The summed E-state index contributed by atoms with van der Waals surface area (Å²) in [7, 11) is 0. The van der Waals surface area contributed by atoms with Gasteiger partial charge in [-0.3, -0.25) is 0 Å². The van der Waals surface area contributed by atoms with Crippen molar-refractivity contribution in [2.75, 3.05) is 4.90 Å². The molecule has 400 valence electrons. The van der Waals surface area contributed by atoms with Gasteiger partial charge >= 0.3 is 0 Å². The van der Waals surface area contributed by atoms with E-state index >= 15 is 0 Å². The third-order valence-corrected chi connectivity index (χ3v) is 21.6. The molecule has 0 saturated heterocycles. The Balaban J connectivity index is 0.978. The standard InChI is InChI=1S/C76H68B2N2O2/c1-45-19-23-52(24-20-45)56-31-37-68-63(42-56)77-62-41-55(49-15-7-8-16-49)30-36-67(62)79(59-33-27-51(28-34-59)47-11-3-4-12-47)73-70(77)76(82-68)74-71-75(73)81-69-38-32-57(53-25-21-46(2)22-26-53)43-64(69)78(71)65-44-58(50-17-9-10-18-50)40-61-60-39-54(48-13-5-6-14-48)29-35-66(60)80(74)72(61)65/h19-44,47-50H,3-18H2,1-2H3. The van der Waals surface area contributed by atoms with Crippen LogP contribution in [0.5, 0.6) is 23.0 Å². The van der Waals surface area contributed by atoms with Crippen molar-refractivity contribution < 1.29 is 9.47 Å². The molecule has 10 aromatic rings. The lowest BCUT2D eigenvalue weighted by Crippen LogP contribution is -2.63. The van der Waals surface area contributed by atoms with E-state index in [0.29, 0.717) is 23.7 Å². The van der Waals surface area contributed by atoms with Crippen LogP contribution in [0.2, 0.25) is 0 Å². The molecule has 0 unspecified atom stereocenters. The topological polar surface area (TPSA) is 26.6 Å². The summed E-state index contributed by atoms with van der Waals surface area (Å²) in [5.74, 6) is 6.13. The van der Waals surface area contributed by atoms with Gasteiger partial charge in [0.15, 0.2) is 0 Å². The molecule has 4 nitrogen and oxygen atoms in total. The molecule has 0 atom stereocenters. The SMILES string of the molecule is Cc1ccc(-c2ccc3c(c2)B2c4cc(C5CCCC5)ccc4N(c4ccc(C5CCCC5)cc4)c4c5c6c(c(c42)O3)-n2c3ccc(C4CCCC4)cc3c3cc(C4CCCC4)cc(c32)B6c2cc(-c3ccc(C)cc3)ccc2O5)cc1. The average molecular weight is 1060 g/mol. The van der Waals surface area contributed by atoms with Gasteiger partial charge < -0.3 is 18.9 Å². The molecule has 0 N–H and O–H groups in total. The summed E-state index contributed by atoms with van der Waals surface area (Å²) in [6.45, 7) is 4.11. The Morgan fingerprint density at radius 2 is 0.829 bits per heavy atom. The monoisotopic (exact) mass is 1060 g/mol. The zero-order valence-electron chi connectivity index (χ0n) is 47.5. The lowest BCUT2D eigenvalue weighted by molar-refractivity contribution is 0.475. The number of hydrogen-bond donors (Lipinski definition) is 0. The Morgan fingerprint density at radius 3 is 1.41 bits per heavy atom. The number of fused-ring (bicyclic) bond motifs is 13. The lowest BCUT2D eigenvalue weighted by Gasteiger charge is -2.45. The highest BCUT2D eigenvalue weighted by Crippen LogP contribution is 2.53. The number of anilines is 3. The van der Waals surface area contributed by atoms with Crippen LogP contribution in [-0.2, 0) is 0 Å². The summed E-state index contributed by atoms with van der Waals surface area (Å²) in [5.41, 5.74) is 28.2. The second-order valence-corrected chi connectivity index (χ2v) is 26.3. The first kappa shape index (κ1) is 47.9. The molecular formula is C76H68B2N2O2. The summed E-state index contributed by atoms with van der Waals surface area (Å²) < 4.78 is 18.7. The van der Waals surface area contributed by atoms with Gasteiger partial charge in [0.05, 0.1) is 16.9 Å². The van der Waals surface area contributed by atoms with Crippen LogP contribution in [0.3, 0.4) is 0 Å². The lowest BCUT2D eigenvalue weighted by atomic mass is 9.31. The second-order valence-electron chi connectivity index (χ2n) is 26.3. The number of nitrogens with zero attached hydrogens (tertiary/aromatic N) is 2. The van der Waals surface area contributed by atoms with Crippen molar-refractivity contribution in [2.45, 2.75) is 140 Å². The first-order valence-corrected chi connectivity index (χ1v) is 31.6. The number of benzene rings is 9. The van der Waals surface area contributed by atoms with E-state index in [4.69, 9.17) is 9.47 Å². The predicted octanol–water partition coefficient (Wildman–Crippen LogP) is 16.7. The van der Waals surface area contributed by atoms with Crippen LogP contribution in [0.4, 0.5) is 17.1 Å². The normalized spacial score (nSPS) is 18.0. The van der Waals surface area contributed by atoms with Crippen molar-refractivity contribution in [2.24, 2.45) is 0 Å². The fourth-order valence-electron chi connectivity index (χ4n) is 17.4. The number of hydrogen-bond acceptors (Lipinski definition) is 3. The maximum absolute atomic E-state index is 7.98. The molecule has 4 saturated carbocycles. The third-order valence-electron chi connectivity index (χ3n) is 21.6. The highest BCUT2D eigenvalue weighted by molar-refractivity contribution is 7.02. The quantitative estimate of drug-likeness (QED) is 0.149. The predicted molar refractivity (Wildman–Crippen MR) is 343 cm³/mol. The molecule has 0 spiro atoms. The Bertz CT molecular complexity index is 4280. The molecule has 82 heavy (non-hydrogen) atoms. The van der Waals surface area contributed by atoms with Gasteiger partial charge in [0.2, 0.25) is 0 Å². The Kier molecular flexibility index (Phi) is 10.8. The summed E-state index contributed by atoms with van der Waals surface area (Å²) >= 11 is 0. The molecule has 4 fully saturated rings. The minimum atomic E-state index is -0.129. The zero-order valence-corrected chi connectivity index (χ0v) is 47.5. The molecule has 6 heteroatoms. The van der Waals surface area contributed by atoms with Crippen LogP contribution in [0.15, 0.2) is 158 Å². The first-order valence-electron chi connectivity index (χ1n) is 31.6. The van der Waals surface area contributed by atoms with E-state index in [1.54, 1.807) is 0 Å². The van der Waals surface area contributed by atoms with Crippen molar-refractivity contribution in [1.82, 2.24) is 4.57 Å². The molecule has 0 amide bonds. The minimum Gasteiger partial charge on any atom is -0.456 e. The number of ether oxygens (including phenoxy) is 2. The molecule has 5 heterocycles. The largest absolute Gasteiger partial charge is 0.456 e. The van der Waals surface area contributed by atoms with Crippen LogP contribution >= 0.6 is 0 Å². The third kappa shape index (κ3) is 7.18. The number of aryl methyl sites for hydroxylation is 2. The van der Waals surface area contributed by atoms with Gasteiger partial charge in [-0.1, -0.05) is 172 Å². The van der Waals surface area contributed by atoms with Gasteiger partial charge in [-0.25, -0.2) is 0 Å². The second kappa shape index (κ2) is 18.4. The van der Waals surface area contributed by atoms with Crippen molar-refractivity contribution >= 4 is 85.1 Å². The Hall–Kier alpha value is -7.69. The Morgan fingerprint density at radius 1 is 0.378 bits per heavy atom. The molecule has 4 aliphatic heterocycles. The fraction of sp³-hybridized carbons (Fsp3) is 0.289. The van der Waals surface area contributed by atoms with E-state index < -0.39 is 0 Å². The van der Waals surface area contributed by atoms with Crippen LogP contribution in [0.1, 0.15) is 160 Å². The van der Waals surface area contributed by atoms with E-state index in [2.05, 4.69) is 181 Å². The maximum Gasteiger partial charge on any atom is 0.256 e. The molecular weight excluding hydrogens is 994 g/mol. The van der Waals surface area contributed by atoms with E-state index in [-0.39, 0.29) is 13.4 Å². The smallest absolute Gasteiger partial charge is 0.256 e. The molecule has 18 rings (SSSR count). The van der Waals surface area contributed by atoms with E-state index in [0.717, 1.165) is 34.4 Å². The highest BCUT2D eigenvalue weighted by Gasteiger charge is 2.52. The van der Waals surface area contributed by atoms with Crippen LogP contribution in [0, 0.1) is 13.8 Å². The van der Waals surface area contributed by atoms with Crippen LogP contribution < -0.4 is 47.2 Å². The average Bonchev–Trinajstić information content (AvgIpc) is 1.47. The van der Waals surface area contributed by atoms with Crippen molar-refractivity contribution in [3.63, 3.8) is 0 Å². The van der Waals surface area contributed by atoms with Gasteiger partial charge in [-0.05, 0) is 204 Å². The van der Waals surface area contributed by atoms with Crippen molar-refractivity contribution in [3.05, 3.63) is 191 Å². The van der Waals surface area contributed by atoms with Gasteiger partial charge in [0.25, 0.3) is 13.4 Å². The zero-order chi connectivity index (χ0) is 53.9. The summed E-state index contributed by atoms with van der Waals surface area (Å²) in [4.78, 5) is 2.62. The molecule has 0 radical (unpaired) electrons. The van der Waals surface area contributed by atoms with Crippen LogP contribution in [0.25, 0.3) is 49.7 Å². The molecule has 9 aromatic carbocycles. The fourth-order valence-corrected chi connectivity index (χ4v) is 17.4. The van der Waals surface area contributed by atoms with Crippen molar-refractivity contribution in [3.8, 4) is 50.9 Å². The van der Waals surface area contributed by atoms with E-state index in [1.165, 1.54) is 224 Å². The Labute approximate surface area is 483 Å². The van der Waals surface area contributed by atoms with Gasteiger partial charge in [-0.2, -0.15) is 0 Å². The number of aromatic nitrogens is 1. The van der Waals surface area contributed by atoms with Gasteiger partial charge in [0.1, 0.15) is 23.0 Å². The first-order chi connectivity index (χ1) is 40.5. The van der Waals surface area contributed by atoms with E-state index in [1.807, 2.05) is 0 Å². The van der Waals surface area contributed by atoms with Gasteiger partial charge in [0, 0.05) is 38.6 Å². The minimum absolute atomic E-state index is 0.124. The maximum atomic E-state index is 7.98. The summed E-state index contributed by atoms with van der Waals surface area (Å²) in [5, 5.41) is 2.76. The molecule has 1 aromatic heterocycles. The van der Waals surface area contributed by atoms with Crippen LogP contribution in [-0.4, -0.2) is 18.0 Å². The molecule has 8 aliphatic rings. The van der Waals surface area contributed by atoms with E-state index in [9.17, 15) is 0 Å². The highest BCUT2D eigenvalue weighted by atomic mass is 16.5. The summed E-state index contributed by atoms with van der Waals surface area (Å²) in [6, 6.07) is 62.7. The van der Waals surface area contributed by atoms with Crippen molar-refractivity contribution in [1.29, 1.82) is 0 Å². The van der Waals surface area contributed by atoms with Gasteiger partial charge in [-0.15, -0.1) is 0 Å². The number of rotatable bonds is 7. The molecule has 4 aliphatic carbocycles. The molecule has 0 bridgehead atoms.